The third kappa shape index (κ3) is 3.46. The zero-order valence-corrected chi connectivity index (χ0v) is 9.29. The minimum absolute atomic E-state index is 0.0358. The first-order valence-electron chi connectivity index (χ1n) is 5.39. The summed E-state index contributed by atoms with van der Waals surface area (Å²) in [5, 5.41) is 0. The molecule has 1 unspecified atom stereocenters. The van der Waals surface area contributed by atoms with E-state index >= 15 is 0 Å². The van der Waals surface area contributed by atoms with Gasteiger partial charge in [0.05, 0.1) is 0 Å². The molecule has 0 heterocycles. The molecule has 0 fully saturated rings. The zero-order chi connectivity index (χ0) is 11.3. The number of halogens is 1. The molecule has 2 heteroatoms. The Labute approximate surface area is 90.3 Å². The van der Waals surface area contributed by atoms with Crippen LogP contribution in [0.4, 0.5) is 4.39 Å². The lowest BCUT2D eigenvalue weighted by Crippen LogP contribution is -2.06. The van der Waals surface area contributed by atoms with E-state index in [1.54, 1.807) is 19.1 Å². The van der Waals surface area contributed by atoms with E-state index in [2.05, 4.69) is 0 Å². The van der Waals surface area contributed by atoms with Gasteiger partial charge in [0, 0.05) is 6.42 Å². The average Bonchev–Trinajstić information content (AvgIpc) is 2.17. The van der Waals surface area contributed by atoms with Crippen LogP contribution >= 0.6 is 0 Å². The number of ketones is 1. The van der Waals surface area contributed by atoms with Crippen molar-refractivity contribution < 1.29 is 9.18 Å². The van der Waals surface area contributed by atoms with E-state index in [-0.39, 0.29) is 17.5 Å². The molecular formula is C13H17FO. The minimum Gasteiger partial charge on any atom is -0.300 e. The SMILES string of the molecule is CCCC(CC(C)=O)c1ccccc1F. The summed E-state index contributed by atoms with van der Waals surface area (Å²) in [7, 11) is 0. The molecule has 0 amide bonds. The quantitative estimate of drug-likeness (QED) is 0.721. The van der Waals surface area contributed by atoms with E-state index in [4.69, 9.17) is 0 Å². The van der Waals surface area contributed by atoms with Gasteiger partial charge in [-0.2, -0.15) is 0 Å². The maximum atomic E-state index is 13.5. The van der Waals surface area contributed by atoms with E-state index in [9.17, 15) is 9.18 Å². The van der Waals surface area contributed by atoms with Crippen LogP contribution in [-0.2, 0) is 4.79 Å². The average molecular weight is 208 g/mol. The van der Waals surface area contributed by atoms with Crippen molar-refractivity contribution in [1.29, 1.82) is 0 Å². The molecule has 15 heavy (non-hydrogen) atoms. The molecule has 0 bridgehead atoms. The first-order chi connectivity index (χ1) is 7.15. The molecular weight excluding hydrogens is 191 g/mol. The molecule has 1 aromatic carbocycles. The van der Waals surface area contributed by atoms with E-state index in [0.29, 0.717) is 12.0 Å². The minimum atomic E-state index is -0.197. The van der Waals surface area contributed by atoms with E-state index in [0.717, 1.165) is 12.8 Å². The maximum Gasteiger partial charge on any atom is 0.130 e. The van der Waals surface area contributed by atoms with Crippen LogP contribution in [0, 0.1) is 5.82 Å². The van der Waals surface area contributed by atoms with Gasteiger partial charge in [-0.15, -0.1) is 0 Å². The molecule has 0 radical (unpaired) electrons. The fourth-order valence-electron chi connectivity index (χ4n) is 1.87. The molecule has 0 saturated carbocycles. The van der Waals surface area contributed by atoms with Crippen molar-refractivity contribution in [3.63, 3.8) is 0 Å². The van der Waals surface area contributed by atoms with Crippen LogP contribution in [0.5, 0.6) is 0 Å². The summed E-state index contributed by atoms with van der Waals surface area (Å²) in [4.78, 5) is 11.1. The van der Waals surface area contributed by atoms with Crippen molar-refractivity contribution in [2.75, 3.05) is 0 Å². The Morgan fingerprint density at radius 2 is 2.07 bits per heavy atom. The molecule has 0 aliphatic rings. The number of Topliss-reactive ketones (excluding diaryl/α,β-unsaturated/α-hetero) is 1. The van der Waals surface area contributed by atoms with Gasteiger partial charge in [0.2, 0.25) is 0 Å². The molecule has 1 atom stereocenters. The fraction of sp³-hybridized carbons (Fsp3) is 0.462. The molecule has 0 spiro atoms. The Kier molecular flexibility index (Phi) is 4.47. The first kappa shape index (κ1) is 11.9. The lowest BCUT2D eigenvalue weighted by molar-refractivity contribution is -0.117. The second-order valence-electron chi connectivity index (χ2n) is 3.91. The standard InChI is InChI=1S/C13H17FO/c1-3-6-11(9-10(2)15)12-7-4-5-8-13(12)14/h4-5,7-8,11H,3,6,9H2,1-2H3. The lowest BCUT2D eigenvalue weighted by Gasteiger charge is -2.15. The summed E-state index contributed by atoms with van der Waals surface area (Å²) in [5.41, 5.74) is 0.676. The third-order valence-corrected chi connectivity index (χ3v) is 2.52. The van der Waals surface area contributed by atoms with Crippen molar-refractivity contribution in [3.8, 4) is 0 Å². The molecule has 82 valence electrons. The van der Waals surface area contributed by atoms with Crippen LogP contribution in [0.25, 0.3) is 0 Å². The van der Waals surface area contributed by atoms with Crippen LogP contribution in [0.3, 0.4) is 0 Å². The summed E-state index contributed by atoms with van der Waals surface area (Å²) in [5.74, 6) is -0.0393. The van der Waals surface area contributed by atoms with Gasteiger partial charge >= 0.3 is 0 Å². The third-order valence-electron chi connectivity index (χ3n) is 2.52. The Morgan fingerprint density at radius 3 is 2.60 bits per heavy atom. The molecule has 0 aliphatic heterocycles. The van der Waals surface area contributed by atoms with Crippen LogP contribution in [0.1, 0.15) is 44.6 Å². The summed E-state index contributed by atoms with van der Waals surface area (Å²) in [6.07, 6.45) is 2.27. The predicted molar refractivity (Wildman–Crippen MR) is 59.3 cm³/mol. The number of carbonyl (C=O) groups excluding carboxylic acids is 1. The highest BCUT2D eigenvalue weighted by Gasteiger charge is 2.16. The summed E-state index contributed by atoms with van der Waals surface area (Å²) in [6, 6.07) is 6.73. The Balaban J connectivity index is 2.88. The molecule has 1 nitrogen and oxygen atoms in total. The second-order valence-corrected chi connectivity index (χ2v) is 3.91. The second kappa shape index (κ2) is 5.64. The molecule has 0 aromatic heterocycles. The number of rotatable bonds is 5. The van der Waals surface area contributed by atoms with E-state index in [1.807, 2.05) is 13.0 Å². The molecule has 1 aromatic rings. The van der Waals surface area contributed by atoms with Crippen molar-refractivity contribution in [2.24, 2.45) is 0 Å². The molecule has 0 aliphatic carbocycles. The fourth-order valence-corrected chi connectivity index (χ4v) is 1.87. The summed E-state index contributed by atoms with van der Waals surface area (Å²) in [6.45, 7) is 3.61. The van der Waals surface area contributed by atoms with Gasteiger partial charge in [0.25, 0.3) is 0 Å². The number of benzene rings is 1. The van der Waals surface area contributed by atoms with Crippen LogP contribution in [0.2, 0.25) is 0 Å². The maximum absolute atomic E-state index is 13.5. The number of hydrogen-bond acceptors (Lipinski definition) is 1. The van der Waals surface area contributed by atoms with Crippen molar-refractivity contribution in [1.82, 2.24) is 0 Å². The van der Waals surface area contributed by atoms with Gasteiger partial charge < -0.3 is 4.79 Å². The highest BCUT2D eigenvalue weighted by molar-refractivity contribution is 5.76. The van der Waals surface area contributed by atoms with E-state index in [1.165, 1.54) is 6.07 Å². The van der Waals surface area contributed by atoms with E-state index < -0.39 is 0 Å². The van der Waals surface area contributed by atoms with Crippen LogP contribution in [-0.4, -0.2) is 5.78 Å². The highest BCUT2D eigenvalue weighted by Crippen LogP contribution is 2.27. The highest BCUT2D eigenvalue weighted by atomic mass is 19.1. The van der Waals surface area contributed by atoms with Gasteiger partial charge in [0.15, 0.2) is 0 Å². The van der Waals surface area contributed by atoms with Gasteiger partial charge in [-0.05, 0) is 30.9 Å². The normalized spacial score (nSPS) is 12.5. The van der Waals surface area contributed by atoms with Gasteiger partial charge in [0.1, 0.15) is 11.6 Å². The smallest absolute Gasteiger partial charge is 0.130 e. The Morgan fingerprint density at radius 1 is 1.40 bits per heavy atom. The van der Waals surface area contributed by atoms with Gasteiger partial charge in [-0.3, -0.25) is 0 Å². The first-order valence-corrected chi connectivity index (χ1v) is 5.39. The number of carbonyl (C=O) groups is 1. The van der Waals surface area contributed by atoms with Crippen molar-refractivity contribution >= 4 is 5.78 Å². The van der Waals surface area contributed by atoms with Gasteiger partial charge in [-0.1, -0.05) is 31.5 Å². The van der Waals surface area contributed by atoms with Crippen LogP contribution in [0.15, 0.2) is 24.3 Å². The Hall–Kier alpha value is -1.18. The topological polar surface area (TPSA) is 17.1 Å². The predicted octanol–water partition coefficient (Wildman–Crippen LogP) is 3.69. The molecule has 0 N–H and O–H groups in total. The van der Waals surface area contributed by atoms with Crippen molar-refractivity contribution in [3.05, 3.63) is 35.6 Å². The zero-order valence-electron chi connectivity index (χ0n) is 9.29. The molecule has 1 rings (SSSR count). The molecule has 0 saturated heterocycles. The lowest BCUT2D eigenvalue weighted by atomic mass is 9.90. The van der Waals surface area contributed by atoms with Crippen molar-refractivity contribution in [2.45, 2.75) is 39.0 Å². The summed E-state index contributed by atoms with van der Waals surface area (Å²) < 4.78 is 13.5. The number of hydrogen-bond donors (Lipinski definition) is 0. The van der Waals surface area contributed by atoms with Crippen LogP contribution < -0.4 is 0 Å². The Bertz CT molecular complexity index is 333. The monoisotopic (exact) mass is 208 g/mol. The largest absolute Gasteiger partial charge is 0.300 e. The summed E-state index contributed by atoms with van der Waals surface area (Å²) >= 11 is 0. The van der Waals surface area contributed by atoms with Gasteiger partial charge in [-0.25, -0.2) is 4.39 Å².